The predicted molar refractivity (Wildman–Crippen MR) is 79.7 cm³/mol. The monoisotopic (exact) mass is 250 g/mol. The van der Waals surface area contributed by atoms with Crippen LogP contribution in [0.25, 0.3) is 0 Å². The van der Waals surface area contributed by atoms with Crippen LogP contribution >= 0.6 is 0 Å². The molecular weight excluding hydrogens is 220 g/mol. The molecule has 104 valence electrons. The van der Waals surface area contributed by atoms with Gasteiger partial charge in [0.05, 0.1) is 12.2 Å². The summed E-state index contributed by atoms with van der Waals surface area (Å²) in [4.78, 5) is 0. The molecule has 0 aliphatic heterocycles. The minimum absolute atomic E-state index is 0.141. The van der Waals surface area contributed by atoms with Crippen molar-refractivity contribution in [1.82, 2.24) is 0 Å². The second-order valence-electron chi connectivity index (χ2n) is 7.71. The highest BCUT2D eigenvalue weighted by Gasteiger charge is 2.28. The Morgan fingerprint density at radius 2 is 1.33 bits per heavy atom. The first-order chi connectivity index (χ1) is 8.00. The fourth-order valence-corrected chi connectivity index (χ4v) is 2.19. The average molecular weight is 250 g/mol. The standard InChI is InChI=1S/C17H30O/c1-12(2)18-15-10-13(16(3,4)5)9-14(11-15)17(6,7)8/h10-12,15H,9H2,1-8H3. The molecular formula is C17H30O. The summed E-state index contributed by atoms with van der Waals surface area (Å²) in [6.45, 7) is 17.9. The molecule has 0 unspecified atom stereocenters. The molecule has 1 aliphatic carbocycles. The molecule has 0 atom stereocenters. The minimum atomic E-state index is 0.141. The van der Waals surface area contributed by atoms with E-state index < -0.39 is 0 Å². The number of hydrogen-bond acceptors (Lipinski definition) is 1. The van der Waals surface area contributed by atoms with Gasteiger partial charge in [0.15, 0.2) is 0 Å². The second kappa shape index (κ2) is 5.21. The molecule has 0 radical (unpaired) electrons. The lowest BCUT2D eigenvalue weighted by Crippen LogP contribution is -2.25. The highest BCUT2D eigenvalue weighted by Crippen LogP contribution is 2.40. The minimum Gasteiger partial charge on any atom is -0.367 e. The Labute approximate surface area is 113 Å². The second-order valence-corrected chi connectivity index (χ2v) is 7.71. The quantitative estimate of drug-likeness (QED) is 0.617. The van der Waals surface area contributed by atoms with E-state index in [1.54, 1.807) is 0 Å². The van der Waals surface area contributed by atoms with Gasteiger partial charge in [-0.2, -0.15) is 0 Å². The average Bonchev–Trinajstić information content (AvgIpc) is 2.13. The van der Waals surface area contributed by atoms with Crippen LogP contribution in [0, 0.1) is 10.8 Å². The highest BCUT2D eigenvalue weighted by molar-refractivity contribution is 5.32. The Morgan fingerprint density at radius 1 is 0.944 bits per heavy atom. The number of rotatable bonds is 2. The molecule has 0 fully saturated rings. The highest BCUT2D eigenvalue weighted by atomic mass is 16.5. The van der Waals surface area contributed by atoms with E-state index in [1.165, 1.54) is 11.1 Å². The maximum absolute atomic E-state index is 5.99. The van der Waals surface area contributed by atoms with Gasteiger partial charge in [-0.25, -0.2) is 0 Å². The fourth-order valence-electron chi connectivity index (χ4n) is 2.19. The third-order valence-corrected chi connectivity index (χ3v) is 3.47. The van der Waals surface area contributed by atoms with Crippen LogP contribution < -0.4 is 0 Å². The van der Waals surface area contributed by atoms with Crippen LogP contribution in [0.4, 0.5) is 0 Å². The van der Waals surface area contributed by atoms with Crippen LogP contribution in [0.2, 0.25) is 0 Å². The molecule has 0 spiro atoms. The van der Waals surface area contributed by atoms with Crippen molar-refractivity contribution in [3.8, 4) is 0 Å². The van der Waals surface area contributed by atoms with Gasteiger partial charge >= 0.3 is 0 Å². The molecule has 0 aromatic heterocycles. The van der Waals surface area contributed by atoms with Crippen LogP contribution in [-0.4, -0.2) is 12.2 Å². The van der Waals surface area contributed by atoms with Crippen molar-refractivity contribution < 1.29 is 4.74 Å². The lowest BCUT2D eigenvalue weighted by Gasteiger charge is -2.35. The maximum atomic E-state index is 5.99. The largest absolute Gasteiger partial charge is 0.367 e. The molecule has 18 heavy (non-hydrogen) atoms. The lowest BCUT2D eigenvalue weighted by molar-refractivity contribution is 0.0580. The van der Waals surface area contributed by atoms with Crippen LogP contribution in [-0.2, 0) is 4.74 Å². The van der Waals surface area contributed by atoms with E-state index in [0.29, 0.717) is 0 Å². The van der Waals surface area contributed by atoms with Crippen LogP contribution in [0.1, 0.15) is 61.8 Å². The third-order valence-electron chi connectivity index (χ3n) is 3.47. The first-order valence-corrected chi connectivity index (χ1v) is 7.08. The predicted octanol–water partition coefficient (Wildman–Crippen LogP) is 5.13. The van der Waals surface area contributed by atoms with Gasteiger partial charge in [0.1, 0.15) is 0 Å². The summed E-state index contributed by atoms with van der Waals surface area (Å²) in [5, 5.41) is 0. The Balaban J connectivity index is 3.02. The van der Waals surface area contributed by atoms with E-state index in [0.717, 1.165) is 6.42 Å². The summed E-state index contributed by atoms with van der Waals surface area (Å²) in [5.41, 5.74) is 3.45. The van der Waals surface area contributed by atoms with Crippen molar-refractivity contribution in [3.05, 3.63) is 23.3 Å². The van der Waals surface area contributed by atoms with Gasteiger partial charge in [0.25, 0.3) is 0 Å². The molecule has 0 saturated carbocycles. The Morgan fingerprint density at radius 3 is 1.61 bits per heavy atom. The van der Waals surface area contributed by atoms with Gasteiger partial charge in [0.2, 0.25) is 0 Å². The molecule has 1 rings (SSSR count). The van der Waals surface area contributed by atoms with E-state index in [-0.39, 0.29) is 23.0 Å². The molecule has 0 N–H and O–H groups in total. The molecule has 1 heteroatoms. The van der Waals surface area contributed by atoms with Crippen molar-refractivity contribution in [2.75, 3.05) is 0 Å². The Hall–Kier alpha value is -0.560. The zero-order valence-electron chi connectivity index (χ0n) is 13.4. The summed E-state index contributed by atoms with van der Waals surface area (Å²) >= 11 is 0. The number of ether oxygens (including phenoxy) is 1. The maximum Gasteiger partial charge on any atom is 0.0946 e. The normalized spacial score (nSPS) is 18.9. The smallest absolute Gasteiger partial charge is 0.0946 e. The molecule has 0 amide bonds. The van der Waals surface area contributed by atoms with E-state index in [4.69, 9.17) is 4.74 Å². The summed E-state index contributed by atoms with van der Waals surface area (Å²) in [5.74, 6) is 0. The summed E-state index contributed by atoms with van der Waals surface area (Å²) in [6.07, 6.45) is 6.13. The molecule has 1 nitrogen and oxygen atoms in total. The lowest BCUT2D eigenvalue weighted by atomic mass is 9.73. The van der Waals surface area contributed by atoms with Crippen LogP contribution in [0.5, 0.6) is 0 Å². The summed E-state index contributed by atoms with van der Waals surface area (Å²) in [6, 6.07) is 0. The van der Waals surface area contributed by atoms with Gasteiger partial charge in [-0.05, 0) is 31.1 Å². The van der Waals surface area contributed by atoms with Crippen molar-refractivity contribution >= 4 is 0 Å². The summed E-state index contributed by atoms with van der Waals surface area (Å²) in [7, 11) is 0. The number of hydrogen-bond donors (Lipinski definition) is 0. The Kier molecular flexibility index (Phi) is 4.48. The van der Waals surface area contributed by atoms with E-state index >= 15 is 0 Å². The third kappa shape index (κ3) is 4.28. The molecule has 0 heterocycles. The SMILES string of the molecule is CC(C)OC1C=C(C(C)(C)C)CC(C(C)(C)C)=C1. The Bertz CT molecular complexity index is 315. The number of allylic oxidation sites excluding steroid dienone is 2. The van der Waals surface area contributed by atoms with E-state index in [2.05, 4.69) is 67.5 Å². The van der Waals surface area contributed by atoms with Gasteiger partial charge in [-0.1, -0.05) is 64.8 Å². The van der Waals surface area contributed by atoms with E-state index in [9.17, 15) is 0 Å². The molecule has 1 aliphatic rings. The fraction of sp³-hybridized carbons (Fsp3) is 0.765. The molecule has 0 bridgehead atoms. The van der Waals surface area contributed by atoms with E-state index in [1.807, 2.05) is 0 Å². The van der Waals surface area contributed by atoms with Gasteiger partial charge in [-0.3, -0.25) is 0 Å². The summed E-state index contributed by atoms with van der Waals surface area (Å²) < 4.78 is 5.99. The van der Waals surface area contributed by atoms with Crippen LogP contribution in [0.3, 0.4) is 0 Å². The molecule has 0 aromatic carbocycles. The first kappa shape index (κ1) is 15.5. The zero-order chi connectivity index (χ0) is 14.1. The van der Waals surface area contributed by atoms with Crippen molar-refractivity contribution in [2.24, 2.45) is 10.8 Å². The topological polar surface area (TPSA) is 9.23 Å². The van der Waals surface area contributed by atoms with Crippen molar-refractivity contribution in [1.29, 1.82) is 0 Å². The van der Waals surface area contributed by atoms with Crippen molar-refractivity contribution in [3.63, 3.8) is 0 Å². The van der Waals surface area contributed by atoms with Crippen LogP contribution in [0.15, 0.2) is 23.3 Å². The van der Waals surface area contributed by atoms with Gasteiger partial charge < -0.3 is 4.74 Å². The molecule has 0 aromatic rings. The van der Waals surface area contributed by atoms with Gasteiger partial charge in [-0.15, -0.1) is 0 Å². The van der Waals surface area contributed by atoms with Crippen molar-refractivity contribution in [2.45, 2.75) is 74.0 Å². The van der Waals surface area contributed by atoms with Gasteiger partial charge in [0, 0.05) is 0 Å². The molecule has 0 saturated heterocycles. The zero-order valence-corrected chi connectivity index (χ0v) is 13.4. The first-order valence-electron chi connectivity index (χ1n) is 7.08.